The lowest BCUT2D eigenvalue weighted by Crippen LogP contribution is -2.35. The van der Waals surface area contributed by atoms with Gasteiger partial charge in [0.25, 0.3) is 0 Å². The second-order valence-electron chi connectivity index (χ2n) is 8.91. The Morgan fingerprint density at radius 2 is 1.70 bits per heavy atom. The predicted molar refractivity (Wildman–Crippen MR) is 106 cm³/mol. The first-order valence-electron chi connectivity index (χ1n) is 9.57. The first kappa shape index (κ1) is 23.0. The van der Waals surface area contributed by atoms with Gasteiger partial charge in [-0.05, 0) is 56.2 Å². The van der Waals surface area contributed by atoms with E-state index in [1.54, 1.807) is 32.9 Å². The molecule has 27 heavy (non-hydrogen) atoms. The third kappa shape index (κ3) is 7.61. The van der Waals surface area contributed by atoms with Gasteiger partial charge in [-0.2, -0.15) is 0 Å². The summed E-state index contributed by atoms with van der Waals surface area (Å²) in [5.41, 5.74) is 0.594. The molecule has 0 aliphatic carbocycles. The van der Waals surface area contributed by atoms with E-state index in [9.17, 15) is 14.7 Å². The summed E-state index contributed by atoms with van der Waals surface area (Å²) in [6.45, 7) is 13.6. The van der Waals surface area contributed by atoms with Gasteiger partial charge in [-0.25, -0.2) is 0 Å². The number of carbonyl (C=O) groups excluding carboxylic acids is 2. The highest BCUT2D eigenvalue weighted by Crippen LogP contribution is 2.32. The highest BCUT2D eigenvalue weighted by Gasteiger charge is 2.33. The molecule has 0 aromatic heterocycles. The first-order valence-corrected chi connectivity index (χ1v) is 9.57. The molecule has 0 saturated heterocycles. The molecule has 1 atom stereocenters. The molecule has 1 aromatic rings. The van der Waals surface area contributed by atoms with Crippen LogP contribution in [0.2, 0.25) is 0 Å². The van der Waals surface area contributed by atoms with Crippen LogP contribution < -0.4 is 0 Å². The lowest BCUT2D eigenvalue weighted by molar-refractivity contribution is -0.169. The highest BCUT2D eigenvalue weighted by molar-refractivity contribution is 5.95. The van der Waals surface area contributed by atoms with E-state index in [4.69, 9.17) is 9.47 Å². The monoisotopic (exact) mass is 378 g/mol. The Morgan fingerprint density at radius 1 is 1.07 bits per heavy atom. The van der Waals surface area contributed by atoms with Gasteiger partial charge in [0.05, 0.1) is 6.61 Å². The maximum atomic E-state index is 12.6. The number of rotatable bonds is 7. The fraction of sp³-hybridized carbons (Fsp3) is 0.636. The minimum Gasteiger partial charge on any atom is -0.508 e. The third-order valence-corrected chi connectivity index (χ3v) is 4.03. The van der Waals surface area contributed by atoms with Crippen LogP contribution in [-0.4, -0.2) is 29.3 Å². The summed E-state index contributed by atoms with van der Waals surface area (Å²) in [7, 11) is 0. The van der Waals surface area contributed by atoms with Crippen molar-refractivity contribution in [1.82, 2.24) is 0 Å². The van der Waals surface area contributed by atoms with Gasteiger partial charge in [-0.3, -0.25) is 9.59 Å². The number of esters is 2. The van der Waals surface area contributed by atoms with E-state index in [1.165, 1.54) is 0 Å². The molecule has 1 rings (SSSR count). The van der Waals surface area contributed by atoms with Crippen molar-refractivity contribution in [2.45, 2.75) is 78.7 Å². The summed E-state index contributed by atoms with van der Waals surface area (Å²) in [5, 5.41) is 10.1. The van der Waals surface area contributed by atoms with E-state index in [0.717, 1.165) is 24.0 Å². The van der Waals surface area contributed by atoms with Crippen molar-refractivity contribution in [2.75, 3.05) is 6.61 Å². The van der Waals surface area contributed by atoms with Crippen LogP contribution >= 0.6 is 0 Å². The molecule has 0 spiro atoms. The number of phenols is 1. The zero-order valence-electron chi connectivity index (χ0n) is 17.7. The second kappa shape index (κ2) is 9.25. The Hall–Kier alpha value is -2.04. The quantitative estimate of drug-likeness (QED) is 0.429. The van der Waals surface area contributed by atoms with Crippen molar-refractivity contribution < 1.29 is 24.2 Å². The van der Waals surface area contributed by atoms with Crippen molar-refractivity contribution in [3.05, 3.63) is 29.3 Å². The summed E-state index contributed by atoms with van der Waals surface area (Å²) < 4.78 is 10.7. The average molecular weight is 379 g/mol. The van der Waals surface area contributed by atoms with Crippen molar-refractivity contribution >= 4 is 11.9 Å². The third-order valence-electron chi connectivity index (χ3n) is 4.03. The van der Waals surface area contributed by atoms with Gasteiger partial charge in [-0.15, -0.1) is 0 Å². The normalized spacial score (nSPS) is 13.1. The topological polar surface area (TPSA) is 72.8 Å². The van der Waals surface area contributed by atoms with Crippen molar-refractivity contribution in [3.8, 4) is 5.75 Å². The van der Waals surface area contributed by atoms with Crippen molar-refractivity contribution in [2.24, 2.45) is 5.92 Å². The van der Waals surface area contributed by atoms with Crippen LogP contribution in [0.5, 0.6) is 5.75 Å². The molecule has 0 bridgehead atoms. The van der Waals surface area contributed by atoms with Crippen LogP contribution in [0.3, 0.4) is 0 Å². The van der Waals surface area contributed by atoms with Crippen LogP contribution in [0, 0.1) is 5.92 Å². The number of hydrogen-bond donors (Lipinski definition) is 1. The minimum absolute atomic E-state index is 0.170. The van der Waals surface area contributed by atoms with E-state index in [2.05, 4.69) is 0 Å². The first-order chi connectivity index (χ1) is 12.3. The number of unbranched alkanes of at least 4 members (excludes halogenated alkanes) is 1. The minimum atomic E-state index is -1.03. The molecule has 0 aliphatic heterocycles. The lowest BCUT2D eigenvalue weighted by atomic mass is 9.84. The SMILES string of the molecule is CCCCOC(=O)C(Cc1ccc(O)c(C(C)(C)C)c1)C(=O)OC(C)(C)C. The molecule has 1 N–H and O–H groups in total. The molecule has 152 valence electrons. The standard InChI is InChI=1S/C22H34O5/c1-8-9-12-26-19(24)16(20(25)27-22(5,6)7)13-15-10-11-18(23)17(14-15)21(2,3)4/h10-11,14,16,23H,8-9,12-13H2,1-7H3. The molecule has 0 saturated carbocycles. The Labute approximate surface area is 163 Å². The summed E-state index contributed by atoms with van der Waals surface area (Å²) >= 11 is 0. The average Bonchev–Trinajstić information content (AvgIpc) is 2.51. The highest BCUT2D eigenvalue weighted by atomic mass is 16.6. The number of carbonyl (C=O) groups is 2. The summed E-state index contributed by atoms with van der Waals surface area (Å²) in [6, 6.07) is 5.16. The fourth-order valence-electron chi connectivity index (χ4n) is 2.60. The molecule has 0 radical (unpaired) electrons. The summed E-state index contributed by atoms with van der Waals surface area (Å²) in [6.07, 6.45) is 1.82. The Morgan fingerprint density at radius 3 is 2.22 bits per heavy atom. The van der Waals surface area contributed by atoms with Crippen LogP contribution in [0.4, 0.5) is 0 Å². The molecule has 0 aliphatic rings. The van der Waals surface area contributed by atoms with Crippen molar-refractivity contribution in [1.29, 1.82) is 0 Å². The maximum Gasteiger partial charge on any atom is 0.321 e. The Kier molecular flexibility index (Phi) is 7.88. The number of ether oxygens (including phenoxy) is 2. The zero-order valence-corrected chi connectivity index (χ0v) is 17.7. The molecule has 0 fully saturated rings. The van der Waals surface area contributed by atoms with E-state index in [-0.39, 0.29) is 24.2 Å². The number of hydrogen-bond acceptors (Lipinski definition) is 5. The smallest absolute Gasteiger partial charge is 0.321 e. The van der Waals surface area contributed by atoms with Crippen LogP contribution in [-0.2, 0) is 30.9 Å². The molecule has 5 nitrogen and oxygen atoms in total. The summed E-state index contributed by atoms with van der Waals surface area (Å²) in [4.78, 5) is 25.1. The number of benzene rings is 1. The molecule has 0 amide bonds. The number of aromatic hydroxyl groups is 1. The summed E-state index contributed by atoms with van der Waals surface area (Å²) in [5.74, 6) is -1.98. The van der Waals surface area contributed by atoms with Gasteiger partial charge in [0, 0.05) is 0 Å². The molecule has 0 heterocycles. The van der Waals surface area contributed by atoms with Gasteiger partial charge in [0.15, 0.2) is 5.92 Å². The molecular formula is C22H34O5. The van der Waals surface area contributed by atoms with Gasteiger partial charge in [0.1, 0.15) is 11.4 Å². The Balaban J connectivity index is 3.09. The molecular weight excluding hydrogens is 344 g/mol. The lowest BCUT2D eigenvalue weighted by Gasteiger charge is -2.24. The van der Waals surface area contributed by atoms with Gasteiger partial charge in [0.2, 0.25) is 0 Å². The van der Waals surface area contributed by atoms with Gasteiger partial charge < -0.3 is 14.6 Å². The van der Waals surface area contributed by atoms with Gasteiger partial charge in [-0.1, -0.05) is 46.2 Å². The predicted octanol–water partition coefficient (Wildman–Crippen LogP) is 4.53. The molecule has 1 aromatic carbocycles. The van der Waals surface area contributed by atoms with Crippen molar-refractivity contribution in [3.63, 3.8) is 0 Å². The van der Waals surface area contributed by atoms with E-state index >= 15 is 0 Å². The number of phenolic OH excluding ortho intramolecular Hbond substituents is 1. The maximum absolute atomic E-state index is 12.6. The molecule has 5 heteroatoms. The van der Waals surface area contributed by atoms with Crippen LogP contribution in [0.1, 0.15) is 72.4 Å². The van der Waals surface area contributed by atoms with E-state index < -0.39 is 23.5 Å². The van der Waals surface area contributed by atoms with Crippen LogP contribution in [0.25, 0.3) is 0 Å². The second-order valence-corrected chi connectivity index (χ2v) is 8.91. The largest absolute Gasteiger partial charge is 0.508 e. The zero-order chi connectivity index (χ0) is 20.8. The molecule has 1 unspecified atom stereocenters. The van der Waals surface area contributed by atoms with Gasteiger partial charge >= 0.3 is 11.9 Å². The van der Waals surface area contributed by atoms with E-state index in [1.807, 2.05) is 33.8 Å². The Bertz CT molecular complexity index is 650. The van der Waals surface area contributed by atoms with E-state index in [0.29, 0.717) is 0 Å². The van der Waals surface area contributed by atoms with Crippen LogP contribution in [0.15, 0.2) is 18.2 Å². The fourth-order valence-corrected chi connectivity index (χ4v) is 2.60.